The highest BCUT2D eigenvalue weighted by Gasteiger charge is 2.31. The van der Waals surface area contributed by atoms with Crippen LogP contribution < -0.4 is 10.2 Å². The van der Waals surface area contributed by atoms with Crippen molar-refractivity contribution in [3.8, 4) is 0 Å². The summed E-state index contributed by atoms with van der Waals surface area (Å²) >= 11 is 0. The van der Waals surface area contributed by atoms with E-state index in [1.807, 2.05) is 0 Å². The summed E-state index contributed by atoms with van der Waals surface area (Å²) in [5.74, 6) is -0.844. The molecule has 1 aliphatic rings. The largest absolute Gasteiger partial charge is 0.416 e. The first-order chi connectivity index (χ1) is 14.3. The number of carbonyl (C=O) groups is 2. The summed E-state index contributed by atoms with van der Waals surface area (Å²) in [7, 11) is 0. The predicted molar refractivity (Wildman–Crippen MR) is 105 cm³/mol. The Hall–Kier alpha value is -3.68. The van der Waals surface area contributed by atoms with Gasteiger partial charge in [0.05, 0.1) is 5.56 Å². The number of hydrogen-bond donors (Lipinski definition) is 1. The number of anilines is 2. The Morgan fingerprint density at radius 3 is 2.47 bits per heavy atom. The van der Waals surface area contributed by atoms with Gasteiger partial charge in [-0.25, -0.2) is 0 Å². The molecule has 5 nitrogen and oxygen atoms in total. The maximum Gasteiger partial charge on any atom is 0.416 e. The molecule has 1 aliphatic heterocycles. The maximum absolute atomic E-state index is 12.9. The van der Waals surface area contributed by atoms with E-state index in [-0.39, 0.29) is 11.5 Å². The number of amides is 2. The van der Waals surface area contributed by atoms with Crippen molar-refractivity contribution in [2.75, 3.05) is 16.8 Å². The normalized spacial score (nSPS) is 13.1. The molecule has 0 aliphatic carbocycles. The van der Waals surface area contributed by atoms with Gasteiger partial charge in [0.15, 0.2) is 0 Å². The van der Waals surface area contributed by atoms with Gasteiger partial charge < -0.3 is 10.2 Å². The third-order valence-corrected chi connectivity index (χ3v) is 4.86. The van der Waals surface area contributed by atoms with E-state index in [2.05, 4.69) is 10.3 Å². The molecule has 0 saturated heterocycles. The molecule has 1 N–H and O–H groups in total. The Morgan fingerprint density at radius 1 is 0.967 bits per heavy atom. The fourth-order valence-corrected chi connectivity index (χ4v) is 3.36. The van der Waals surface area contributed by atoms with Crippen LogP contribution in [-0.4, -0.2) is 23.3 Å². The SMILES string of the molecule is O=C(Nc1ccc2c(c1)N(C(=O)c1ccncc1)CC2)c1cccc(C(F)(F)F)c1. The second kappa shape index (κ2) is 7.62. The second-order valence-corrected chi connectivity index (χ2v) is 6.82. The van der Waals surface area contributed by atoms with Crippen molar-refractivity contribution < 1.29 is 22.8 Å². The van der Waals surface area contributed by atoms with Crippen LogP contribution in [-0.2, 0) is 12.6 Å². The summed E-state index contributed by atoms with van der Waals surface area (Å²) in [6.45, 7) is 0.502. The van der Waals surface area contributed by atoms with Gasteiger partial charge in [0.25, 0.3) is 11.8 Å². The lowest BCUT2D eigenvalue weighted by molar-refractivity contribution is -0.137. The van der Waals surface area contributed by atoms with E-state index in [0.717, 1.165) is 17.7 Å². The fraction of sp³-hybridized carbons (Fsp3) is 0.136. The second-order valence-electron chi connectivity index (χ2n) is 6.82. The van der Waals surface area contributed by atoms with Crippen LogP contribution >= 0.6 is 0 Å². The summed E-state index contributed by atoms with van der Waals surface area (Å²) < 4.78 is 38.7. The zero-order chi connectivity index (χ0) is 21.3. The minimum atomic E-state index is -4.53. The van der Waals surface area contributed by atoms with Gasteiger partial charge in [-0.05, 0) is 54.4 Å². The smallest absolute Gasteiger partial charge is 0.322 e. The summed E-state index contributed by atoms with van der Waals surface area (Å²) in [5, 5.41) is 2.61. The van der Waals surface area contributed by atoms with E-state index < -0.39 is 17.6 Å². The summed E-state index contributed by atoms with van der Waals surface area (Å²) in [6, 6.07) is 12.6. The van der Waals surface area contributed by atoms with Crippen molar-refractivity contribution in [2.24, 2.45) is 0 Å². The minimum absolute atomic E-state index is 0.102. The average molecular weight is 411 g/mol. The van der Waals surface area contributed by atoms with Crippen LogP contribution in [0.5, 0.6) is 0 Å². The number of halogens is 3. The maximum atomic E-state index is 12.9. The summed E-state index contributed by atoms with van der Waals surface area (Å²) in [6.07, 6.45) is -0.780. The van der Waals surface area contributed by atoms with Crippen LogP contribution in [0, 0.1) is 0 Å². The van der Waals surface area contributed by atoms with Gasteiger partial charge in [0.2, 0.25) is 0 Å². The molecule has 0 unspecified atom stereocenters. The Kier molecular flexibility index (Phi) is 4.99. The number of aromatic nitrogens is 1. The number of benzene rings is 2. The molecule has 0 saturated carbocycles. The van der Waals surface area contributed by atoms with Crippen LogP contribution in [0.15, 0.2) is 67.0 Å². The Bertz CT molecular complexity index is 1110. The minimum Gasteiger partial charge on any atom is -0.322 e. The number of hydrogen-bond acceptors (Lipinski definition) is 3. The Morgan fingerprint density at radius 2 is 1.73 bits per heavy atom. The standard InChI is InChI=1S/C22H16F3N3O2/c23-22(24,25)17-3-1-2-16(12-17)20(29)27-18-5-4-14-8-11-28(19(14)13-18)21(30)15-6-9-26-10-7-15/h1-7,9-10,12-13H,8,11H2,(H,27,29). The van der Waals surface area contributed by atoms with E-state index >= 15 is 0 Å². The number of nitrogens with zero attached hydrogens (tertiary/aromatic N) is 2. The van der Waals surface area contributed by atoms with Crippen LogP contribution in [0.25, 0.3) is 0 Å². The number of alkyl halides is 3. The van der Waals surface area contributed by atoms with Crippen molar-refractivity contribution in [3.63, 3.8) is 0 Å². The lowest BCUT2D eigenvalue weighted by Gasteiger charge is -2.18. The van der Waals surface area contributed by atoms with E-state index in [4.69, 9.17) is 0 Å². The molecule has 3 aromatic rings. The van der Waals surface area contributed by atoms with Crippen molar-refractivity contribution >= 4 is 23.2 Å². The molecule has 30 heavy (non-hydrogen) atoms. The van der Waals surface area contributed by atoms with Gasteiger partial charge in [0.1, 0.15) is 0 Å². The molecule has 0 fully saturated rings. The first-order valence-corrected chi connectivity index (χ1v) is 9.16. The monoisotopic (exact) mass is 411 g/mol. The molecule has 0 bridgehead atoms. The molecule has 2 heterocycles. The van der Waals surface area contributed by atoms with Gasteiger partial charge in [-0.3, -0.25) is 14.6 Å². The summed E-state index contributed by atoms with van der Waals surface area (Å²) in [4.78, 5) is 30.8. The topological polar surface area (TPSA) is 62.3 Å². The average Bonchev–Trinajstić information content (AvgIpc) is 3.16. The lowest BCUT2D eigenvalue weighted by Crippen LogP contribution is -2.28. The van der Waals surface area contributed by atoms with E-state index in [0.29, 0.717) is 29.9 Å². The highest BCUT2D eigenvalue weighted by molar-refractivity contribution is 6.08. The van der Waals surface area contributed by atoms with Crippen molar-refractivity contribution in [2.45, 2.75) is 12.6 Å². The number of rotatable bonds is 3. The first-order valence-electron chi connectivity index (χ1n) is 9.16. The lowest BCUT2D eigenvalue weighted by atomic mass is 10.1. The predicted octanol–water partition coefficient (Wildman–Crippen LogP) is 4.56. The highest BCUT2D eigenvalue weighted by Crippen LogP contribution is 2.33. The third kappa shape index (κ3) is 3.89. The fourth-order valence-electron chi connectivity index (χ4n) is 3.36. The van der Waals surface area contributed by atoms with E-state index in [1.54, 1.807) is 35.2 Å². The van der Waals surface area contributed by atoms with Gasteiger partial charge in [-0.1, -0.05) is 12.1 Å². The van der Waals surface area contributed by atoms with Crippen LogP contribution in [0.3, 0.4) is 0 Å². The molecule has 4 rings (SSSR count). The van der Waals surface area contributed by atoms with Crippen molar-refractivity contribution in [1.29, 1.82) is 0 Å². The van der Waals surface area contributed by atoms with Crippen LogP contribution in [0.1, 0.15) is 31.8 Å². The molecular formula is C22H16F3N3O2. The molecular weight excluding hydrogens is 395 g/mol. The van der Waals surface area contributed by atoms with E-state index in [1.165, 1.54) is 24.5 Å². The molecule has 0 atom stereocenters. The molecule has 1 aromatic heterocycles. The first kappa shape index (κ1) is 19.6. The van der Waals surface area contributed by atoms with Gasteiger partial charge in [-0.15, -0.1) is 0 Å². The third-order valence-electron chi connectivity index (χ3n) is 4.86. The zero-order valence-electron chi connectivity index (χ0n) is 15.6. The molecule has 2 amide bonds. The Labute approximate surface area is 170 Å². The van der Waals surface area contributed by atoms with Crippen LogP contribution in [0.2, 0.25) is 0 Å². The van der Waals surface area contributed by atoms with Crippen molar-refractivity contribution in [1.82, 2.24) is 4.98 Å². The summed E-state index contributed by atoms with van der Waals surface area (Å²) in [5.41, 5.74) is 1.52. The molecule has 0 spiro atoms. The molecule has 152 valence electrons. The molecule has 0 radical (unpaired) electrons. The quantitative estimate of drug-likeness (QED) is 0.688. The van der Waals surface area contributed by atoms with Gasteiger partial charge in [0, 0.05) is 41.4 Å². The Balaban J connectivity index is 1.56. The molecule has 8 heteroatoms. The highest BCUT2D eigenvalue weighted by atomic mass is 19.4. The van der Waals surface area contributed by atoms with E-state index in [9.17, 15) is 22.8 Å². The zero-order valence-corrected chi connectivity index (χ0v) is 15.6. The van der Waals surface area contributed by atoms with Crippen LogP contribution in [0.4, 0.5) is 24.5 Å². The van der Waals surface area contributed by atoms with Crippen molar-refractivity contribution in [3.05, 3.63) is 89.2 Å². The molecule has 2 aromatic carbocycles. The van der Waals surface area contributed by atoms with Gasteiger partial charge >= 0.3 is 6.18 Å². The number of nitrogens with one attached hydrogen (secondary N) is 1. The number of carbonyl (C=O) groups excluding carboxylic acids is 2. The number of fused-ring (bicyclic) bond motifs is 1. The number of pyridine rings is 1. The van der Waals surface area contributed by atoms with Gasteiger partial charge in [-0.2, -0.15) is 13.2 Å².